The Labute approximate surface area is 197 Å². The molecule has 4 rings (SSSR count). The number of Topliss-reactive ketones (excluding diaryl/α,β-unsaturated/α-hetero) is 1. The van der Waals surface area contributed by atoms with Gasteiger partial charge in [0.2, 0.25) is 5.78 Å². The Morgan fingerprint density at radius 2 is 1.82 bits per heavy atom. The number of rotatable bonds is 7. The van der Waals surface area contributed by atoms with Crippen LogP contribution in [0.3, 0.4) is 0 Å². The fourth-order valence-corrected chi connectivity index (χ4v) is 3.88. The van der Waals surface area contributed by atoms with Gasteiger partial charge in [0.1, 0.15) is 0 Å². The zero-order valence-corrected chi connectivity index (χ0v) is 19.1. The zero-order chi connectivity index (χ0) is 24.4. The first-order valence-electron chi connectivity index (χ1n) is 11.0. The van der Waals surface area contributed by atoms with Crippen LogP contribution in [0.2, 0.25) is 0 Å². The number of nitrogens with zero attached hydrogens (tertiary/aromatic N) is 1. The second-order valence-electron chi connectivity index (χ2n) is 8.60. The lowest BCUT2D eigenvalue weighted by atomic mass is 9.94. The largest absolute Gasteiger partial charge is 0.503 e. The minimum absolute atomic E-state index is 0.0251. The number of amides is 1. The Morgan fingerprint density at radius 3 is 2.44 bits per heavy atom. The Balaban J connectivity index is 1.74. The quantitative estimate of drug-likeness (QED) is 0.386. The molecular weight excluding hydrogens is 434 g/mol. The number of carbonyl (C=O) groups excluding carboxylic acids is 3. The van der Waals surface area contributed by atoms with Crippen molar-refractivity contribution in [3.63, 3.8) is 0 Å². The van der Waals surface area contributed by atoms with Gasteiger partial charge in [0.25, 0.3) is 5.91 Å². The second-order valence-corrected chi connectivity index (χ2v) is 8.60. The van der Waals surface area contributed by atoms with Crippen LogP contribution in [0.1, 0.15) is 51.9 Å². The number of ketones is 1. The van der Waals surface area contributed by atoms with E-state index in [1.807, 2.05) is 39.0 Å². The predicted molar refractivity (Wildman–Crippen MR) is 126 cm³/mol. The van der Waals surface area contributed by atoms with Crippen LogP contribution >= 0.6 is 0 Å². The molecule has 0 aliphatic carbocycles. The normalized spacial score (nSPS) is 15.8. The number of esters is 1. The molecule has 2 heterocycles. The molecule has 1 aliphatic rings. The summed E-state index contributed by atoms with van der Waals surface area (Å²) < 4.78 is 10.5. The van der Waals surface area contributed by atoms with E-state index in [2.05, 4.69) is 0 Å². The predicted octanol–water partition coefficient (Wildman–Crippen LogP) is 5.18. The van der Waals surface area contributed by atoms with Gasteiger partial charge in [-0.3, -0.25) is 14.5 Å². The van der Waals surface area contributed by atoms with Crippen LogP contribution in [-0.2, 0) is 9.53 Å². The summed E-state index contributed by atoms with van der Waals surface area (Å²) in [6.45, 7) is 6.10. The maximum atomic E-state index is 13.2. The van der Waals surface area contributed by atoms with Crippen molar-refractivity contribution in [3.8, 4) is 0 Å². The van der Waals surface area contributed by atoms with E-state index in [9.17, 15) is 19.5 Å². The fourth-order valence-electron chi connectivity index (χ4n) is 3.88. The van der Waals surface area contributed by atoms with Gasteiger partial charge in [-0.25, -0.2) is 4.79 Å². The van der Waals surface area contributed by atoms with E-state index in [-0.39, 0.29) is 17.3 Å². The zero-order valence-electron chi connectivity index (χ0n) is 19.1. The molecule has 3 aromatic rings. The summed E-state index contributed by atoms with van der Waals surface area (Å²) in [6, 6.07) is 15.9. The highest BCUT2D eigenvalue weighted by Gasteiger charge is 2.45. The van der Waals surface area contributed by atoms with E-state index in [1.165, 1.54) is 17.2 Å². The van der Waals surface area contributed by atoms with Gasteiger partial charge in [-0.1, -0.05) is 43.7 Å². The summed E-state index contributed by atoms with van der Waals surface area (Å²) in [5.74, 6) is -2.14. The molecule has 1 amide bonds. The summed E-state index contributed by atoms with van der Waals surface area (Å²) in [4.78, 5) is 40.1. The molecule has 34 heavy (non-hydrogen) atoms. The molecule has 7 nitrogen and oxygen atoms in total. The number of hydrogen-bond donors (Lipinski definition) is 1. The lowest BCUT2D eigenvalue weighted by Crippen LogP contribution is -2.31. The van der Waals surface area contributed by atoms with E-state index in [4.69, 9.17) is 9.15 Å². The third-order valence-electron chi connectivity index (χ3n) is 5.48. The average molecular weight is 459 g/mol. The highest BCUT2D eigenvalue weighted by Crippen LogP contribution is 2.42. The minimum Gasteiger partial charge on any atom is -0.503 e. The van der Waals surface area contributed by atoms with Gasteiger partial charge in [0.15, 0.2) is 11.5 Å². The first-order chi connectivity index (χ1) is 16.3. The fraction of sp³-hybridized carbons (Fsp3) is 0.222. The molecule has 7 heteroatoms. The van der Waals surface area contributed by atoms with E-state index in [0.717, 1.165) is 5.56 Å². The Bertz CT molecular complexity index is 1250. The van der Waals surface area contributed by atoms with E-state index < -0.39 is 29.5 Å². The molecule has 0 radical (unpaired) electrons. The maximum Gasteiger partial charge on any atom is 0.338 e. The van der Waals surface area contributed by atoms with E-state index in [0.29, 0.717) is 23.4 Å². The number of carbonyl (C=O) groups is 3. The van der Waals surface area contributed by atoms with Crippen LogP contribution in [0.25, 0.3) is 0 Å². The number of furan rings is 1. The van der Waals surface area contributed by atoms with Gasteiger partial charge >= 0.3 is 5.97 Å². The van der Waals surface area contributed by atoms with Gasteiger partial charge < -0.3 is 14.3 Å². The summed E-state index contributed by atoms with van der Waals surface area (Å²) >= 11 is 0. The molecule has 1 aliphatic heterocycles. The monoisotopic (exact) mass is 459 g/mol. The van der Waals surface area contributed by atoms with Crippen LogP contribution in [-0.4, -0.2) is 29.4 Å². The van der Waals surface area contributed by atoms with Crippen molar-refractivity contribution in [2.45, 2.75) is 26.8 Å². The first kappa shape index (κ1) is 23.0. The number of benzene rings is 2. The number of ether oxygens (including phenoxy) is 1. The first-order valence-corrected chi connectivity index (χ1v) is 11.0. The number of hydrogen-bond acceptors (Lipinski definition) is 6. The van der Waals surface area contributed by atoms with Crippen molar-refractivity contribution >= 4 is 23.3 Å². The van der Waals surface area contributed by atoms with Crippen LogP contribution in [0.15, 0.2) is 82.7 Å². The number of aryl methyl sites for hydroxylation is 1. The summed E-state index contributed by atoms with van der Waals surface area (Å²) in [6.07, 6.45) is 1.36. The topological polar surface area (TPSA) is 97.0 Å². The number of anilines is 1. The molecule has 0 fully saturated rings. The molecule has 2 aromatic carbocycles. The molecule has 1 N–H and O–H groups in total. The third kappa shape index (κ3) is 4.37. The third-order valence-corrected chi connectivity index (χ3v) is 5.48. The van der Waals surface area contributed by atoms with Crippen LogP contribution < -0.4 is 4.90 Å². The van der Waals surface area contributed by atoms with Gasteiger partial charge in [0.05, 0.1) is 30.0 Å². The van der Waals surface area contributed by atoms with Crippen LogP contribution in [0.4, 0.5) is 5.69 Å². The molecule has 1 atom stereocenters. The maximum absolute atomic E-state index is 13.2. The number of aliphatic hydroxyl groups excluding tert-OH is 1. The summed E-state index contributed by atoms with van der Waals surface area (Å²) in [5, 5.41) is 10.8. The van der Waals surface area contributed by atoms with Gasteiger partial charge in [-0.2, -0.15) is 0 Å². The van der Waals surface area contributed by atoms with Crippen molar-refractivity contribution in [1.82, 2.24) is 0 Å². The summed E-state index contributed by atoms with van der Waals surface area (Å²) in [5.41, 5.74) is 2.29. The van der Waals surface area contributed by atoms with Crippen LogP contribution in [0, 0.1) is 12.8 Å². The highest BCUT2D eigenvalue weighted by atomic mass is 16.5. The van der Waals surface area contributed by atoms with E-state index >= 15 is 0 Å². The minimum atomic E-state index is -0.872. The van der Waals surface area contributed by atoms with Gasteiger partial charge in [0, 0.05) is 5.69 Å². The standard InChI is InChI=1S/C27H25NO6/c1-16(2)15-34-27(32)18-9-11-20(12-10-18)28-23(19-7-4-6-17(3)14-19)22(25(30)26(28)31)24(29)21-8-5-13-33-21/h4-14,16,23,30H,15H2,1-3H3. The molecule has 174 valence electrons. The Kier molecular flexibility index (Phi) is 6.36. The van der Waals surface area contributed by atoms with Gasteiger partial charge in [-0.05, 0) is 54.8 Å². The molecular formula is C27H25NO6. The molecule has 1 unspecified atom stereocenters. The van der Waals surface area contributed by atoms with Gasteiger partial charge in [-0.15, -0.1) is 0 Å². The second kappa shape index (κ2) is 9.39. The molecule has 1 aromatic heterocycles. The molecule has 0 bridgehead atoms. The number of aliphatic hydroxyl groups is 1. The molecule has 0 spiro atoms. The van der Waals surface area contributed by atoms with Crippen molar-refractivity contribution in [1.29, 1.82) is 0 Å². The Morgan fingerprint density at radius 1 is 1.09 bits per heavy atom. The molecule has 0 saturated carbocycles. The van der Waals surface area contributed by atoms with E-state index in [1.54, 1.807) is 36.4 Å². The smallest absolute Gasteiger partial charge is 0.338 e. The summed E-state index contributed by atoms with van der Waals surface area (Å²) in [7, 11) is 0. The SMILES string of the molecule is Cc1cccc(C2C(C(=O)c3ccco3)=C(O)C(=O)N2c2ccc(C(=O)OCC(C)C)cc2)c1. The van der Waals surface area contributed by atoms with Crippen molar-refractivity contribution in [2.24, 2.45) is 5.92 Å². The van der Waals surface area contributed by atoms with Crippen molar-refractivity contribution in [3.05, 3.63) is 101 Å². The lowest BCUT2D eigenvalue weighted by Gasteiger charge is -2.27. The van der Waals surface area contributed by atoms with Crippen molar-refractivity contribution < 1.29 is 28.6 Å². The highest BCUT2D eigenvalue weighted by molar-refractivity contribution is 6.20. The van der Waals surface area contributed by atoms with Crippen LogP contribution in [0.5, 0.6) is 0 Å². The molecule has 0 saturated heterocycles. The Hall–Kier alpha value is -4.13. The van der Waals surface area contributed by atoms with Crippen molar-refractivity contribution in [2.75, 3.05) is 11.5 Å². The lowest BCUT2D eigenvalue weighted by molar-refractivity contribution is -0.117. The average Bonchev–Trinajstić information content (AvgIpc) is 3.45.